The van der Waals surface area contributed by atoms with Gasteiger partial charge in [0, 0.05) is 30.8 Å². The Hall–Kier alpha value is -3.51. The molecule has 0 aliphatic rings. The Balaban J connectivity index is 2.07. The highest BCUT2D eigenvalue weighted by molar-refractivity contribution is 5.68. The van der Waals surface area contributed by atoms with E-state index in [2.05, 4.69) is 4.90 Å². The molecule has 0 radical (unpaired) electrons. The van der Waals surface area contributed by atoms with Crippen LogP contribution >= 0.6 is 0 Å². The van der Waals surface area contributed by atoms with E-state index in [9.17, 15) is 20.0 Å². The van der Waals surface area contributed by atoms with Gasteiger partial charge in [-0.25, -0.2) is 0 Å². The van der Waals surface area contributed by atoms with E-state index in [0.717, 1.165) is 11.1 Å². The van der Waals surface area contributed by atoms with Gasteiger partial charge < -0.3 is 5.11 Å². The predicted molar refractivity (Wildman–Crippen MR) is 115 cm³/mol. The number of nitro groups is 1. The number of hydrogen-bond donors (Lipinski definition) is 1. The topological polar surface area (TPSA) is 83.7 Å². The lowest BCUT2D eigenvalue weighted by atomic mass is 9.96. The molecule has 0 amide bonds. The van der Waals surface area contributed by atoms with Crippen LogP contribution in [-0.4, -0.2) is 20.9 Å². The molecule has 0 saturated heterocycles. The second kappa shape index (κ2) is 9.80. The largest absolute Gasteiger partial charge is 0.481 e. The van der Waals surface area contributed by atoms with E-state index in [1.54, 1.807) is 12.1 Å². The summed E-state index contributed by atoms with van der Waals surface area (Å²) >= 11 is 0. The quantitative estimate of drug-likeness (QED) is 0.383. The van der Waals surface area contributed by atoms with E-state index < -0.39 is 16.9 Å². The normalized spacial score (nSPS) is 13.0. The lowest BCUT2D eigenvalue weighted by molar-refractivity contribution is -0.385. The van der Waals surface area contributed by atoms with Crippen LogP contribution in [0.4, 0.5) is 5.69 Å². The number of rotatable bonds is 9. The Labute approximate surface area is 175 Å². The van der Waals surface area contributed by atoms with Crippen LogP contribution in [0, 0.1) is 10.1 Å². The first-order chi connectivity index (χ1) is 14.5. The Kier molecular flexibility index (Phi) is 6.93. The smallest absolute Gasteiger partial charge is 0.305 e. The first-order valence-electron chi connectivity index (χ1n) is 9.76. The molecular weight excluding hydrogens is 380 g/mol. The second-order valence-corrected chi connectivity index (χ2v) is 7.21. The molecule has 3 rings (SSSR count). The van der Waals surface area contributed by atoms with Crippen molar-refractivity contribution in [3.63, 3.8) is 0 Å². The summed E-state index contributed by atoms with van der Waals surface area (Å²) in [4.78, 5) is 24.7. The molecule has 0 spiro atoms. The fourth-order valence-electron chi connectivity index (χ4n) is 3.67. The molecule has 0 heterocycles. The fourth-order valence-corrected chi connectivity index (χ4v) is 3.67. The molecule has 0 aliphatic carbocycles. The number of carbonyl (C=O) groups is 1. The Bertz CT molecular complexity index is 992. The van der Waals surface area contributed by atoms with Gasteiger partial charge in [-0.1, -0.05) is 72.8 Å². The molecule has 30 heavy (non-hydrogen) atoms. The Morgan fingerprint density at radius 3 is 2.17 bits per heavy atom. The summed E-state index contributed by atoms with van der Waals surface area (Å²) < 4.78 is 0. The highest BCUT2D eigenvalue weighted by Gasteiger charge is 2.29. The molecule has 3 aromatic rings. The first kappa shape index (κ1) is 21.2. The lowest BCUT2D eigenvalue weighted by Gasteiger charge is -2.36. The van der Waals surface area contributed by atoms with Crippen molar-refractivity contribution in [2.24, 2.45) is 0 Å². The minimum Gasteiger partial charge on any atom is -0.481 e. The van der Waals surface area contributed by atoms with Crippen LogP contribution in [0.1, 0.15) is 42.1 Å². The van der Waals surface area contributed by atoms with Gasteiger partial charge >= 0.3 is 5.97 Å². The molecule has 3 aromatic carbocycles. The molecule has 0 aromatic heterocycles. The monoisotopic (exact) mass is 404 g/mol. The lowest BCUT2D eigenvalue weighted by Crippen LogP contribution is -2.32. The molecule has 0 aliphatic heterocycles. The standard InChI is InChI=1S/C24H24N2O4/c1-18(20-11-6-3-7-12-20)25(17-19-9-4-2-5-10-19)23(16-24(27)28)21-13-8-14-22(15-21)26(29)30/h2-15,18,23H,16-17H2,1H3,(H,27,28)/t18-,23+/m1/s1. The molecule has 0 saturated carbocycles. The number of nitrogens with zero attached hydrogens (tertiary/aromatic N) is 2. The zero-order valence-corrected chi connectivity index (χ0v) is 16.7. The maximum Gasteiger partial charge on any atom is 0.305 e. The number of benzene rings is 3. The van der Waals surface area contributed by atoms with Crippen LogP contribution in [0.25, 0.3) is 0 Å². The average molecular weight is 404 g/mol. The maximum atomic E-state index is 11.8. The third-order valence-corrected chi connectivity index (χ3v) is 5.22. The van der Waals surface area contributed by atoms with E-state index in [-0.39, 0.29) is 18.2 Å². The predicted octanol–water partition coefficient (Wildman–Crippen LogP) is 5.37. The van der Waals surface area contributed by atoms with Gasteiger partial charge in [0.1, 0.15) is 0 Å². The summed E-state index contributed by atoms with van der Waals surface area (Å²) in [6.45, 7) is 2.54. The van der Waals surface area contributed by atoms with E-state index in [1.807, 2.05) is 67.6 Å². The fraction of sp³-hybridized carbons (Fsp3) is 0.208. The summed E-state index contributed by atoms with van der Waals surface area (Å²) in [5, 5.41) is 20.9. The zero-order chi connectivity index (χ0) is 21.5. The Morgan fingerprint density at radius 2 is 1.57 bits per heavy atom. The van der Waals surface area contributed by atoms with Gasteiger partial charge in [0.25, 0.3) is 5.69 Å². The zero-order valence-electron chi connectivity index (χ0n) is 16.7. The van der Waals surface area contributed by atoms with Crippen LogP contribution in [0.2, 0.25) is 0 Å². The summed E-state index contributed by atoms with van der Waals surface area (Å²) in [5.74, 6) is -0.954. The minimum absolute atomic E-state index is 0.0464. The molecule has 2 atom stereocenters. The highest BCUT2D eigenvalue weighted by atomic mass is 16.6. The SMILES string of the molecule is C[C@H](c1ccccc1)N(Cc1ccccc1)[C@@H](CC(=O)O)c1cccc([N+](=O)[O-])c1. The van der Waals surface area contributed by atoms with Gasteiger partial charge in [-0.2, -0.15) is 0 Å². The number of nitro benzene ring substituents is 1. The van der Waals surface area contributed by atoms with Crippen molar-refractivity contribution in [2.75, 3.05) is 0 Å². The second-order valence-electron chi connectivity index (χ2n) is 7.21. The number of carboxylic acids is 1. The third-order valence-electron chi connectivity index (χ3n) is 5.22. The molecule has 0 bridgehead atoms. The molecular formula is C24H24N2O4. The summed E-state index contributed by atoms with van der Waals surface area (Å²) in [6, 6.07) is 25.3. The number of hydrogen-bond acceptors (Lipinski definition) is 4. The van der Waals surface area contributed by atoms with Crippen LogP contribution in [-0.2, 0) is 11.3 Å². The maximum absolute atomic E-state index is 11.8. The van der Waals surface area contributed by atoms with Gasteiger partial charge in [-0.05, 0) is 23.6 Å². The van der Waals surface area contributed by atoms with Crippen LogP contribution in [0.15, 0.2) is 84.9 Å². The molecule has 154 valence electrons. The van der Waals surface area contributed by atoms with E-state index in [0.29, 0.717) is 12.1 Å². The first-order valence-corrected chi connectivity index (χ1v) is 9.76. The van der Waals surface area contributed by atoms with Gasteiger partial charge in [-0.3, -0.25) is 19.8 Å². The van der Waals surface area contributed by atoms with Crippen LogP contribution in [0.3, 0.4) is 0 Å². The van der Waals surface area contributed by atoms with E-state index >= 15 is 0 Å². The minimum atomic E-state index is -0.954. The van der Waals surface area contributed by atoms with Crippen molar-refractivity contribution in [1.82, 2.24) is 4.90 Å². The van der Waals surface area contributed by atoms with Gasteiger partial charge in [-0.15, -0.1) is 0 Å². The van der Waals surface area contributed by atoms with Gasteiger partial charge in [0.05, 0.1) is 11.3 Å². The molecule has 0 unspecified atom stereocenters. The molecule has 0 fully saturated rings. The van der Waals surface area contributed by atoms with E-state index in [1.165, 1.54) is 12.1 Å². The van der Waals surface area contributed by atoms with E-state index in [4.69, 9.17) is 0 Å². The Morgan fingerprint density at radius 1 is 0.967 bits per heavy atom. The molecule has 6 nitrogen and oxygen atoms in total. The number of non-ortho nitro benzene ring substituents is 1. The van der Waals surface area contributed by atoms with Crippen molar-refractivity contribution in [2.45, 2.75) is 32.0 Å². The van der Waals surface area contributed by atoms with Crippen LogP contribution in [0.5, 0.6) is 0 Å². The van der Waals surface area contributed by atoms with Crippen LogP contribution < -0.4 is 0 Å². The molecule has 1 N–H and O–H groups in total. The van der Waals surface area contributed by atoms with Crippen molar-refractivity contribution in [3.05, 3.63) is 112 Å². The third kappa shape index (κ3) is 5.30. The summed E-state index contributed by atoms with van der Waals surface area (Å²) in [7, 11) is 0. The van der Waals surface area contributed by atoms with Crippen molar-refractivity contribution >= 4 is 11.7 Å². The average Bonchev–Trinajstić information content (AvgIpc) is 2.77. The van der Waals surface area contributed by atoms with Gasteiger partial charge in [0.15, 0.2) is 0 Å². The summed E-state index contributed by atoms with van der Waals surface area (Å²) in [6.07, 6.45) is -0.162. The number of carboxylic acid groups (broad SMARTS) is 1. The van der Waals surface area contributed by atoms with Crippen molar-refractivity contribution in [1.29, 1.82) is 0 Å². The number of aliphatic carboxylic acids is 1. The van der Waals surface area contributed by atoms with Crippen molar-refractivity contribution < 1.29 is 14.8 Å². The summed E-state index contributed by atoms with van der Waals surface area (Å²) in [5.41, 5.74) is 2.66. The van der Waals surface area contributed by atoms with Crippen molar-refractivity contribution in [3.8, 4) is 0 Å². The molecule has 6 heteroatoms. The van der Waals surface area contributed by atoms with Gasteiger partial charge in [0.2, 0.25) is 0 Å². The highest BCUT2D eigenvalue weighted by Crippen LogP contribution is 2.35.